The summed E-state index contributed by atoms with van der Waals surface area (Å²) in [6, 6.07) is 4.81. The summed E-state index contributed by atoms with van der Waals surface area (Å²) in [6.07, 6.45) is 0.899. The van der Waals surface area contributed by atoms with Crippen LogP contribution in [0.1, 0.15) is 33.6 Å². The van der Waals surface area contributed by atoms with Crippen molar-refractivity contribution in [3.63, 3.8) is 0 Å². The Hall–Kier alpha value is -1.51. The topological polar surface area (TPSA) is 66.9 Å². The fourth-order valence-electron chi connectivity index (χ4n) is 2.92. The highest BCUT2D eigenvalue weighted by Gasteiger charge is 2.29. The standard InChI is InChI=1S/C19H29FN2O4S/c1-15(2)9-14-26-16(3)19(23)21-10-4-11-22(13-12-21)27(24,25)18-7-5-17(20)6-8-18/h5-8,15-16H,4,9-14H2,1-3H3. The van der Waals surface area contributed by atoms with E-state index in [1.807, 2.05) is 0 Å². The van der Waals surface area contributed by atoms with Crippen molar-refractivity contribution in [1.29, 1.82) is 0 Å². The van der Waals surface area contributed by atoms with Crippen LogP contribution in [0.15, 0.2) is 29.2 Å². The van der Waals surface area contributed by atoms with Crippen LogP contribution in [0.25, 0.3) is 0 Å². The van der Waals surface area contributed by atoms with Gasteiger partial charge in [0.05, 0.1) is 4.90 Å². The highest BCUT2D eigenvalue weighted by molar-refractivity contribution is 7.89. The molecule has 1 fully saturated rings. The molecule has 0 bridgehead atoms. The SMILES string of the molecule is CC(C)CCOC(C)C(=O)N1CCCN(S(=O)(=O)c2ccc(F)cc2)CC1. The van der Waals surface area contributed by atoms with Crippen molar-refractivity contribution in [2.75, 3.05) is 32.8 Å². The Labute approximate surface area is 161 Å². The molecule has 1 saturated heterocycles. The fraction of sp³-hybridized carbons (Fsp3) is 0.632. The van der Waals surface area contributed by atoms with Crippen molar-refractivity contribution in [1.82, 2.24) is 9.21 Å². The molecular formula is C19H29FN2O4S. The summed E-state index contributed by atoms with van der Waals surface area (Å²) in [7, 11) is -3.70. The zero-order chi connectivity index (χ0) is 20.0. The predicted molar refractivity (Wildman–Crippen MR) is 101 cm³/mol. The molecule has 6 nitrogen and oxygen atoms in total. The molecule has 0 spiro atoms. The molecule has 1 aliphatic heterocycles. The molecule has 152 valence electrons. The number of amides is 1. The number of halogens is 1. The molecule has 1 atom stereocenters. The highest BCUT2D eigenvalue weighted by Crippen LogP contribution is 2.18. The van der Waals surface area contributed by atoms with Gasteiger partial charge in [-0.25, -0.2) is 12.8 Å². The van der Waals surface area contributed by atoms with Crippen LogP contribution in [0.5, 0.6) is 0 Å². The molecule has 2 rings (SSSR count). The Kier molecular flexibility index (Phi) is 7.76. The molecule has 1 aromatic carbocycles. The normalized spacial score (nSPS) is 17.7. The maximum absolute atomic E-state index is 13.1. The second-order valence-corrected chi connectivity index (χ2v) is 9.17. The Morgan fingerprint density at radius 3 is 2.41 bits per heavy atom. The quantitative estimate of drug-likeness (QED) is 0.705. The molecule has 8 heteroatoms. The largest absolute Gasteiger partial charge is 0.369 e. The summed E-state index contributed by atoms with van der Waals surface area (Å²) in [5, 5.41) is 0. The van der Waals surface area contributed by atoms with Crippen molar-refractivity contribution in [3.8, 4) is 0 Å². The van der Waals surface area contributed by atoms with Crippen molar-refractivity contribution >= 4 is 15.9 Å². The number of rotatable bonds is 7. The Morgan fingerprint density at radius 1 is 1.11 bits per heavy atom. The molecular weight excluding hydrogens is 371 g/mol. The summed E-state index contributed by atoms with van der Waals surface area (Å²) in [5.41, 5.74) is 0. The molecule has 0 aliphatic carbocycles. The molecule has 0 N–H and O–H groups in total. The van der Waals surface area contributed by atoms with Gasteiger partial charge in [-0.2, -0.15) is 4.31 Å². The van der Waals surface area contributed by atoms with Gasteiger partial charge in [-0.05, 0) is 49.9 Å². The van der Waals surface area contributed by atoms with E-state index < -0.39 is 21.9 Å². The lowest BCUT2D eigenvalue weighted by Gasteiger charge is -2.25. The number of nitrogens with zero attached hydrogens (tertiary/aromatic N) is 2. The van der Waals surface area contributed by atoms with Crippen LogP contribution in [0.4, 0.5) is 4.39 Å². The van der Waals surface area contributed by atoms with Crippen molar-refractivity contribution < 1.29 is 22.3 Å². The minimum atomic E-state index is -3.70. The van der Waals surface area contributed by atoms with E-state index in [2.05, 4.69) is 13.8 Å². The molecule has 1 unspecified atom stereocenters. The Morgan fingerprint density at radius 2 is 1.78 bits per heavy atom. The molecule has 0 radical (unpaired) electrons. The first kappa shape index (κ1) is 21.8. The third-order valence-electron chi connectivity index (χ3n) is 4.63. The van der Waals surface area contributed by atoms with E-state index in [0.29, 0.717) is 38.6 Å². The summed E-state index contributed by atoms with van der Waals surface area (Å²) >= 11 is 0. The molecule has 1 aliphatic rings. The first-order chi connectivity index (χ1) is 12.7. The number of ether oxygens (including phenoxy) is 1. The lowest BCUT2D eigenvalue weighted by Crippen LogP contribution is -2.42. The zero-order valence-corrected chi connectivity index (χ0v) is 17.0. The molecule has 0 aromatic heterocycles. The van der Waals surface area contributed by atoms with Gasteiger partial charge in [0, 0.05) is 32.8 Å². The van der Waals surface area contributed by atoms with E-state index in [4.69, 9.17) is 4.74 Å². The lowest BCUT2D eigenvalue weighted by atomic mass is 10.1. The van der Waals surface area contributed by atoms with Crippen molar-refractivity contribution in [2.45, 2.75) is 44.6 Å². The van der Waals surface area contributed by atoms with Crippen LogP contribution in [0, 0.1) is 11.7 Å². The van der Waals surface area contributed by atoms with Gasteiger partial charge in [0.1, 0.15) is 11.9 Å². The molecule has 1 aromatic rings. The first-order valence-electron chi connectivity index (χ1n) is 9.38. The van der Waals surface area contributed by atoms with Gasteiger partial charge in [0.25, 0.3) is 5.91 Å². The summed E-state index contributed by atoms with van der Waals surface area (Å²) < 4.78 is 45.5. The maximum Gasteiger partial charge on any atom is 0.251 e. The van der Waals surface area contributed by atoms with E-state index in [9.17, 15) is 17.6 Å². The van der Waals surface area contributed by atoms with Crippen LogP contribution in [0.3, 0.4) is 0 Å². The van der Waals surface area contributed by atoms with Crippen LogP contribution >= 0.6 is 0 Å². The van der Waals surface area contributed by atoms with Gasteiger partial charge in [0.15, 0.2) is 0 Å². The molecule has 1 amide bonds. The van der Waals surface area contributed by atoms with E-state index in [0.717, 1.165) is 18.6 Å². The third kappa shape index (κ3) is 5.99. The maximum atomic E-state index is 13.1. The smallest absolute Gasteiger partial charge is 0.251 e. The summed E-state index contributed by atoms with van der Waals surface area (Å²) in [6.45, 7) is 7.81. The van der Waals surface area contributed by atoms with Gasteiger partial charge >= 0.3 is 0 Å². The first-order valence-corrected chi connectivity index (χ1v) is 10.8. The minimum absolute atomic E-state index is 0.0639. The minimum Gasteiger partial charge on any atom is -0.369 e. The zero-order valence-electron chi connectivity index (χ0n) is 16.2. The summed E-state index contributed by atoms with van der Waals surface area (Å²) in [5.74, 6) is -0.0801. The Balaban J connectivity index is 1.96. The van der Waals surface area contributed by atoms with E-state index in [1.54, 1.807) is 11.8 Å². The van der Waals surface area contributed by atoms with Crippen LogP contribution in [0.2, 0.25) is 0 Å². The van der Waals surface area contributed by atoms with Crippen LogP contribution in [-0.4, -0.2) is 62.4 Å². The number of hydrogen-bond acceptors (Lipinski definition) is 4. The fourth-order valence-corrected chi connectivity index (χ4v) is 4.39. The van der Waals surface area contributed by atoms with Gasteiger partial charge in [-0.3, -0.25) is 4.79 Å². The molecule has 27 heavy (non-hydrogen) atoms. The number of hydrogen-bond donors (Lipinski definition) is 0. The third-order valence-corrected chi connectivity index (χ3v) is 6.54. The molecule has 0 saturated carbocycles. The average molecular weight is 401 g/mol. The monoisotopic (exact) mass is 400 g/mol. The summed E-state index contributed by atoms with van der Waals surface area (Å²) in [4.78, 5) is 14.3. The van der Waals surface area contributed by atoms with Crippen molar-refractivity contribution in [3.05, 3.63) is 30.1 Å². The molecule has 1 heterocycles. The average Bonchev–Trinajstić information content (AvgIpc) is 2.87. The van der Waals surface area contributed by atoms with E-state index in [1.165, 1.54) is 16.4 Å². The lowest BCUT2D eigenvalue weighted by molar-refractivity contribution is -0.142. The van der Waals surface area contributed by atoms with Crippen molar-refractivity contribution in [2.24, 2.45) is 5.92 Å². The van der Waals surface area contributed by atoms with Gasteiger partial charge in [-0.1, -0.05) is 13.8 Å². The second kappa shape index (κ2) is 9.61. The van der Waals surface area contributed by atoms with Gasteiger partial charge in [0.2, 0.25) is 10.0 Å². The number of carbonyl (C=O) groups is 1. The van der Waals surface area contributed by atoms with Crippen LogP contribution < -0.4 is 0 Å². The highest BCUT2D eigenvalue weighted by atomic mass is 32.2. The van der Waals surface area contributed by atoms with Gasteiger partial charge in [-0.15, -0.1) is 0 Å². The van der Waals surface area contributed by atoms with Crippen LogP contribution in [-0.2, 0) is 19.6 Å². The van der Waals surface area contributed by atoms with Gasteiger partial charge < -0.3 is 9.64 Å². The number of benzene rings is 1. The number of carbonyl (C=O) groups excluding carboxylic acids is 1. The predicted octanol–water partition coefficient (Wildman–Crippen LogP) is 2.50. The Bertz CT molecular complexity index is 722. The number of sulfonamides is 1. The van der Waals surface area contributed by atoms with E-state index in [-0.39, 0.29) is 17.3 Å². The second-order valence-electron chi connectivity index (χ2n) is 7.23. The van der Waals surface area contributed by atoms with E-state index >= 15 is 0 Å².